The van der Waals surface area contributed by atoms with Crippen LogP contribution in [-0.2, 0) is 24.3 Å². The molecule has 2 amide bonds. The zero-order valence-corrected chi connectivity index (χ0v) is 13.5. The van der Waals surface area contributed by atoms with Crippen molar-refractivity contribution in [3.63, 3.8) is 0 Å². The summed E-state index contributed by atoms with van der Waals surface area (Å²) in [6, 6.07) is 9.87. The Balaban J connectivity index is 1.67. The number of rotatable bonds is 4. The molecule has 1 aliphatic heterocycles. The van der Waals surface area contributed by atoms with E-state index in [1.807, 2.05) is 36.1 Å². The minimum absolute atomic E-state index is 0.0409. The summed E-state index contributed by atoms with van der Waals surface area (Å²) in [7, 11) is 0. The van der Waals surface area contributed by atoms with Crippen molar-refractivity contribution in [1.82, 2.24) is 4.90 Å². The van der Waals surface area contributed by atoms with Crippen molar-refractivity contribution >= 4 is 23.1 Å². The molecule has 1 aromatic carbocycles. The Hall–Kier alpha value is -1.85. The minimum Gasteiger partial charge on any atom is -0.377 e. The van der Waals surface area contributed by atoms with E-state index in [9.17, 15) is 4.79 Å². The maximum atomic E-state index is 12.5. The third kappa shape index (κ3) is 3.31. The molecule has 0 atom stereocenters. The van der Waals surface area contributed by atoms with Gasteiger partial charge in [0, 0.05) is 35.8 Å². The van der Waals surface area contributed by atoms with Crippen LogP contribution in [0.1, 0.15) is 22.9 Å². The number of urea groups is 1. The molecule has 0 saturated carbocycles. The van der Waals surface area contributed by atoms with Crippen LogP contribution in [0.15, 0.2) is 35.7 Å². The molecule has 0 saturated heterocycles. The van der Waals surface area contributed by atoms with E-state index in [2.05, 4.69) is 16.8 Å². The molecule has 2 heterocycles. The second-order valence-corrected chi connectivity index (χ2v) is 6.27. The maximum Gasteiger partial charge on any atom is 0.322 e. The highest BCUT2D eigenvalue weighted by molar-refractivity contribution is 7.10. The molecule has 0 bridgehead atoms. The largest absolute Gasteiger partial charge is 0.377 e. The minimum atomic E-state index is -0.0409. The third-order valence-corrected chi connectivity index (χ3v) is 4.84. The lowest BCUT2D eigenvalue weighted by Gasteiger charge is -2.27. The molecule has 1 N–H and O–H groups in total. The second-order valence-electron chi connectivity index (χ2n) is 5.27. The monoisotopic (exact) mass is 316 g/mol. The van der Waals surface area contributed by atoms with Crippen LogP contribution < -0.4 is 5.32 Å². The number of hydrogen-bond acceptors (Lipinski definition) is 3. The van der Waals surface area contributed by atoms with Crippen LogP contribution in [0.3, 0.4) is 0 Å². The molecule has 0 radical (unpaired) electrons. The van der Waals surface area contributed by atoms with Gasteiger partial charge in [-0.05, 0) is 36.4 Å². The lowest BCUT2D eigenvalue weighted by atomic mass is 10.1. The molecule has 116 valence electrons. The Kier molecular flexibility index (Phi) is 4.75. The average molecular weight is 316 g/mol. The van der Waals surface area contributed by atoms with Crippen molar-refractivity contribution in [3.05, 3.63) is 51.7 Å². The number of carbonyl (C=O) groups excluding carboxylic acids is 1. The predicted molar refractivity (Wildman–Crippen MR) is 89.2 cm³/mol. The van der Waals surface area contributed by atoms with E-state index in [0.717, 1.165) is 24.2 Å². The van der Waals surface area contributed by atoms with E-state index in [0.29, 0.717) is 19.8 Å². The predicted octanol–water partition coefficient (Wildman–Crippen LogP) is 3.87. The topological polar surface area (TPSA) is 41.6 Å². The van der Waals surface area contributed by atoms with Gasteiger partial charge in [0.25, 0.3) is 0 Å². The zero-order valence-electron chi connectivity index (χ0n) is 12.7. The van der Waals surface area contributed by atoms with Crippen LogP contribution in [0.4, 0.5) is 10.5 Å². The van der Waals surface area contributed by atoms with E-state index in [4.69, 9.17) is 4.74 Å². The molecular formula is C17H20N2O2S. The Labute approximate surface area is 134 Å². The summed E-state index contributed by atoms with van der Waals surface area (Å²) in [6.07, 6.45) is 0.945. The summed E-state index contributed by atoms with van der Waals surface area (Å²) in [6.45, 7) is 4.61. The van der Waals surface area contributed by atoms with E-state index in [-0.39, 0.29) is 6.03 Å². The van der Waals surface area contributed by atoms with Crippen molar-refractivity contribution in [3.8, 4) is 0 Å². The molecular weight excluding hydrogens is 296 g/mol. The average Bonchev–Trinajstić information content (AvgIpc) is 3.01. The van der Waals surface area contributed by atoms with Gasteiger partial charge in [-0.15, -0.1) is 11.3 Å². The van der Waals surface area contributed by atoms with Gasteiger partial charge in [-0.25, -0.2) is 4.79 Å². The highest BCUT2D eigenvalue weighted by Gasteiger charge is 2.21. The fraction of sp³-hybridized carbons (Fsp3) is 0.353. The van der Waals surface area contributed by atoms with Gasteiger partial charge in [0.2, 0.25) is 0 Å². The number of benzene rings is 1. The summed E-state index contributed by atoms with van der Waals surface area (Å²) in [5, 5.41) is 5.12. The molecule has 0 spiro atoms. The molecule has 1 aromatic heterocycles. The smallest absolute Gasteiger partial charge is 0.322 e. The van der Waals surface area contributed by atoms with Gasteiger partial charge in [0.1, 0.15) is 0 Å². The van der Waals surface area contributed by atoms with Crippen molar-refractivity contribution in [2.75, 3.05) is 18.5 Å². The normalized spacial score (nSPS) is 13.8. The first-order valence-corrected chi connectivity index (χ1v) is 8.42. The van der Waals surface area contributed by atoms with Crippen LogP contribution in [0.2, 0.25) is 0 Å². The number of nitrogens with one attached hydrogen (secondary N) is 1. The summed E-state index contributed by atoms with van der Waals surface area (Å²) in [5.41, 5.74) is 3.11. The first-order valence-electron chi connectivity index (χ1n) is 7.54. The lowest BCUT2D eigenvalue weighted by Crippen LogP contribution is -2.38. The fourth-order valence-electron chi connectivity index (χ4n) is 2.60. The van der Waals surface area contributed by atoms with Gasteiger partial charge >= 0.3 is 6.03 Å². The summed E-state index contributed by atoms with van der Waals surface area (Å²) < 4.78 is 5.46. The highest BCUT2D eigenvalue weighted by Crippen LogP contribution is 2.25. The molecule has 3 rings (SSSR count). The third-order valence-electron chi connectivity index (χ3n) is 3.82. The molecule has 1 aliphatic rings. The van der Waals surface area contributed by atoms with Crippen molar-refractivity contribution in [2.45, 2.75) is 26.5 Å². The quantitative estimate of drug-likeness (QED) is 0.930. The Morgan fingerprint density at radius 1 is 1.36 bits per heavy atom. The Morgan fingerprint density at radius 2 is 2.23 bits per heavy atom. The van der Waals surface area contributed by atoms with Crippen LogP contribution in [0, 0.1) is 0 Å². The van der Waals surface area contributed by atoms with Gasteiger partial charge in [-0.1, -0.05) is 18.2 Å². The van der Waals surface area contributed by atoms with Crippen LogP contribution >= 0.6 is 11.3 Å². The maximum absolute atomic E-state index is 12.5. The molecule has 0 unspecified atom stereocenters. The molecule has 5 heteroatoms. The van der Waals surface area contributed by atoms with Crippen molar-refractivity contribution in [2.24, 2.45) is 0 Å². The summed E-state index contributed by atoms with van der Waals surface area (Å²) in [5.74, 6) is 0. The molecule has 0 fully saturated rings. The first-order chi connectivity index (χ1) is 10.8. The number of nitrogens with zero attached hydrogens (tertiary/aromatic N) is 1. The lowest BCUT2D eigenvalue weighted by molar-refractivity contribution is 0.134. The van der Waals surface area contributed by atoms with Gasteiger partial charge in [0.15, 0.2) is 0 Å². The SMILES string of the molecule is CCOCc1ccccc1NC(=O)N1CCc2sccc2C1. The highest BCUT2D eigenvalue weighted by atomic mass is 32.1. The van der Waals surface area contributed by atoms with Crippen molar-refractivity contribution in [1.29, 1.82) is 0 Å². The number of para-hydroxylation sites is 1. The van der Waals surface area contributed by atoms with Crippen LogP contribution in [-0.4, -0.2) is 24.1 Å². The zero-order chi connectivity index (χ0) is 15.4. The van der Waals surface area contributed by atoms with Crippen LogP contribution in [0.5, 0.6) is 0 Å². The molecule has 22 heavy (non-hydrogen) atoms. The number of hydrogen-bond donors (Lipinski definition) is 1. The van der Waals surface area contributed by atoms with Crippen molar-refractivity contribution < 1.29 is 9.53 Å². The van der Waals surface area contributed by atoms with E-state index in [1.54, 1.807) is 11.3 Å². The first kappa shape index (κ1) is 15.1. The molecule has 0 aliphatic carbocycles. The number of anilines is 1. The van der Waals surface area contributed by atoms with Gasteiger partial charge in [-0.2, -0.15) is 0 Å². The number of carbonyl (C=O) groups is 1. The van der Waals surface area contributed by atoms with Gasteiger partial charge < -0.3 is 15.0 Å². The molecule has 2 aromatic rings. The standard InChI is InChI=1S/C17H20N2O2S/c1-2-21-12-14-5-3-4-6-15(14)18-17(20)19-9-7-16-13(11-19)8-10-22-16/h3-6,8,10H,2,7,9,11-12H2,1H3,(H,18,20). The Bertz CT molecular complexity index is 654. The number of fused-ring (bicyclic) bond motifs is 1. The fourth-order valence-corrected chi connectivity index (χ4v) is 3.49. The van der Waals surface area contributed by atoms with E-state index in [1.165, 1.54) is 10.4 Å². The number of amides is 2. The van der Waals surface area contributed by atoms with E-state index >= 15 is 0 Å². The molecule has 4 nitrogen and oxygen atoms in total. The summed E-state index contributed by atoms with van der Waals surface area (Å²) >= 11 is 1.78. The van der Waals surface area contributed by atoms with Gasteiger partial charge in [-0.3, -0.25) is 0 Å². The Morgan fingerprint density at radius 3 is 3.09 bits per heavy atom. The van der Waals surface area contributed by atoms with E-state index < -0.39 is 0 Å². The second kappa shape index (κ2) is 6.94. The van der Waals surface area contributed by atoms with Crippen LogP contribution in [0.25, 0.3) is 0 Å². The summed E-state index contributed by atoms with van der Waals surface area (Å²) in [4.78, 5) is 15.8. The number of thiophene rings is 1. The van der Waals surface area contributed by atoms with Gasteiger partial charge in [0.05, 0.1) is 6.61 Å². The number of ether oxygens (including phenoxy) is 1.